The van der Waals surface area contributed by atoms with Crippen molar-refractivity contribution in [2.45, 2.75) is 173 Å². The fourth-order valence-electron chi connectivity index (χ4n) is 12.0. The van der Waals surface area contributed by atoms with Crippen molar-refractivity contribution in [1.82, 2.24) is 39.2 Å². The largest absolute Gasteiger partial charge is 0.512 e. The monoisotopic (exact) mass is 1080 g/mol. The van der Waals surface area contributed by atoms with Crippen LogP contribution in [0.1, 0.15) is 156 Å². The van der Waals surface area contributed by atoms with E-state index in [1.807, 2.05) is 65.0 Å². The van der Waals surface area contributed by atoms with E-state index < -0.39 is 45.6 Å². The summed E-state index contributed by atoms with van der Waals surface area (Å²) in [5.74, 6) is -0.873. The molecule has 6 aromatic rings. The quantitative estimate of drug-likeness (QED) is 0.0968. The number of aliphatic hydroxyl groups is 2. The molecule has 2 aliphatic carbocycles. The van der Waals surface area contributed by atoms with Gasteiger partial charge in [0.1, 0.15) is 34.4 Å². The Labute approximate surface area is 457 Å². The van der Waals surface area contributed by atoms with Crippen LogP contribution in [0.5, 0.6) is 0 Å². The van der Waals surface area contributed by atoms with Crippen LogP contribution in [-0.4, -0.2) is 72.5 Å². The fourth-order valence-corrected chi connectivity index (χ4v) is 12.4. The summed E-state index contributed by atoms with van der Waals surface area (Å²) in [4.78, 5) is 44.2. The second kappa shape index (κ2) is 21.8. The number of nitrogens with zero attached hydrogens (tertiary/aromatic N) is 10. The smallest absolute Gasteiger partial charge is 0.338 e. The topological polar surface area (TPSA) is 227 Å². The van der Waals surface area contributed by atoms with Gasteiger partial charge in [-0.2, -0.15) is 20.5 Å². The molecule has 2 N–H and O–H groups in total. The Bertz CT molecular complexity index is 3460. The highest BCUT2D eigenvalue weighted by molar-refractivity contribution is 6.31. The molecule has 2 aromatic carbocycles. The number of cyclic esters (lactones) is 2. The number of hydrogen-bond acceptors (Lipinski definition) is 14. The van der Waals surface area contributed by atoms with E-state index in [0.29, 0.717) is 53.1 Å². The van der Waals surface area contributed by atoms with E-state index in [2.05, 4.69) is 36.2 Å². The normalized spacial score (nSPS) is 20.5. The van der Waals surface area contributed by atoms with Gasteiger partial charge in [0, 0.05) is 60.1 Å². The number of benzene rings is 2. The Balaban J connectivity index is 0.000000190. The number of rotatable bonds is 14. The minimum Gasteiger partial charge on any atom is -0.512 e. The van der Waals surface area contributed by atoms with Crippen LogP contribution in [0.3, 0.4) is 0 Å². The number of fused-ring (bicyclic) bond motifs is 2. The summed E-state index contributed by atoms with van der Waals surface area (Å²) >= 11 is 6.56. The molecule has 4 aromatic heterocycles. The fraction of sp³-hybridized carbons (Fsp3) is 0.492. The number of carbonyl (C=O) groups is 2. The first-order valence-electron chi connectivity index (χ1n) is 26.8. The van der Waals surface area contributed by atoms with E-state index in [9.17, 15) is 39.1 Å². The Morgan fingerprint density at radius 2 is 1.26 bits per heavy atom. The van der Waals surface area contributed by atoms with Gasteiger partial charge in [0.2, 0.25) is 0 Å². The summed E-state index contributed by atoms with van der Waals surface area (Å²) in [7, 11) is 0. The van der Waals surface area contributed by atoms with E-state index in [-0.39, 0.29) is 72.2 Å². The predicted molar refractivity (Wildman–Crippen MR) is 285 cm³/mol. The van der Waals surface area contributed by atoms with Crippen LogP contribution in [-0.2, 0) is 55.6 Å². The van der Waals surface area contributed by atoms with Crippen molar-refractivity contribution in [2.75, 3.05) is 0 Å². The van der Waals surface area contributed by atoms with Crippen molar-refractivity contribution in [3.8, 4) is 12.1 Å². The molecule has 0 spiro atoms. The zero-order valence-corrected chi connectivity index (χ0v) is 46.0. The van der Waals surface area contributed by atoms with Crippen molar-refractivity contribution < 1.29 is 38.1 Å². The molecule has 2 fully saturated rings. The average Bonchev–Trinajstić information content (AvgIpc) is 4.33. The first-order chi connectivity index (χ1) is 37.0. The zero-order valence-electron chi connectivity index (χ0n) is 45.2. The molecule has 0 bridgehead atoms. The van der Waals surface area contributed by atoms with Gasteiger partial charge in [0.05, 0.1) is 34.1 Å². The van der Waals surface area contributed by atoms with Crippen LogP contribution in [0, 0.1) is 66.9 Å². The van der Waals surface area contributed by atoms with Crippen LogP contribution in [0.25, 0.3) is 11.6 Å². The number of carbonyl (C=O) groups excluding carboxylic acids is 2. The second-order valence-corrected chi connectivity index (χ2v) is 23.2. The van der Waals surface area contributed by atoms with E-state index in [1.165, 1.54) is 30.5 Å². The number of aromatic nitrogens is 8. The van der Waals surface area contributed by atoms with Gasteiger partial charge in [-0.05, 0) is 158 Å². The summed E-state index contributed by atoms with van der Waals surface area (Å²) in [5.41, 5.74) is 1.13. The lowest BCUT2D eigenvalue weighted by atomic mass is 9.76. The molecule has 2 atom stereocenters. The lowest BCUT2D eigenvalue weighted by Crippen LogP contribution is -2.46. The second-order valence-electron chi connectivity index (χ2n) is 22.8. The number of halogens is 3. The molecule has 19 heteroatoms. The van der Waals surface area contributed by atoms with Gasteiger partial charge >= 0.3 is 11.9 Å². The summed E-state index contributed by atoms with van der Waals surface area (Å²) < 4.78 is 45.3. The minimum absolute atomic E-state index is 0.000381. The Kier molecular flexibility index (Phi) is 15.5. The van der Waals surface area contributed by atoms with Crippen LogP contribution < -0.4 is 0 Å². The summed E-state index contributed by atoms with van der Waals surface area (Å²) in [6, 6.07) is 14.4. The molecule has 10 rings (SSSR count). The van der Waals surface area contributed by atoms with E-state index in [0.717, 1.165) is 79.4 Å². The lowest BCUT2D eigenvalue weighted by Gasteiger charge is -2.41. The molecule has 0 saturated heterocycles. The molecule has 78 heavy (non-hydrogen) atoms. The standard InChI is InChI=1S/C30H34ClN5O3.C29H31F2N5O3/c1-18-13-19(2)36-28(33-18)34-26(35-36)15-22-25(37)16-30(39-27(22)38,21-7-5-6-8-21)12-11-20-9-10-23(24(31)14-20)29(3,4)17-32;1-17-14-33-27-34-24(35-36(27)15-17)12-20-23(37)13-29(39-26(20)38,19-6-4-5-7-19)9-8-18-10-21(30)25(22(31)11-18)28(2,3)16-32/h9-10,13-14,21,37H,5-8,11-12,15-16H2,1-4H3;10-11,14-15,19,37H,4-9,12-13H2,1-3H3. The van der Waals surface area contributed by atoms with Crippen molar-refractivity contribution in [3.05, 3.63) is 139 Å². The van der Waals surface area contributed by atoms with Gasteiger partial charge in [-0.3, -0.25) is 0 Å². The van der Waals surface area contributed by atoms with E-state index in [4.69, 9.17) is 21.1 Å². The SMILES string of the molecule is Cc1cc(C)n2nc(CC3=C(O)CC(CCc4ccc(C(C)(C)C#N)c(Cl)c4)(C4CCCC4)OC3=O)nc2n1.Cc1cnc2nc(CC3=C(O)CC(CCc4cc(F)c(C(C)(C)C#N)c(F)c4)(C4CCCC4)OC3=O)nn2c1. The molecule has 4 aliphatic rings. The summed E-state index contributed by atoms with van der Waals surface area (Å²) in [6.07, 6.45) is 13.4. The van der Waals surface area contributed by atoms with E-state index in [1.54, 1.807) is 16.9 Å². The van der Waals surface area contributed by atoms with Crippen LogP contribution in [0.4, 0.5) is 8.78 Å². The molecule has 2 unspecified atom stereocenters. The number of esters is 2. The number of ether oxygens (including phenoxy) is 2. The maximum atomic E-state index is 14.9. The van der Waals surface area contributed by atoms with Gasteiger partial charge in [0.25, 0.3) is 11.6 Å². The predicted octanol–water partition coefficient (Wildman–Crippen LogP) is 11.4. The molecule has 6 heterocycles. The van der Waals surface area contributed by atoms with Crippen LogP contribution in [0.2, 0.25) is 5.02 Å². The third kappa shape index (κ3) is 11.3. The number of aliphatic hydroxyl groups excluding tert-OH is 2. The maximum absolute atomic E-state index is 14.9. The summed E-state index contributed by atoms with van der Waals surface area (Å²) in [5, 5.41) is 50.6. The molecule has 0 radical (unpaired) electrons. The molecule has 0 amide bonds. The van der Waals surface area contributed by atoms with E-state index >= 15 is 0 Å². The molecular weight excluding hydrogens is 1020 g/mol. The van der Waals surface area contributed by atoms with Gasteiger partial charge in [-0.1, -0.05) is 49.4 Å². The number of aryl methyl sites for hydroxylation is 5. The lowest BCUT2D eigenvalue weighted by molar-refractivity contribution is -0.168. The Morgan fingerprint density at radius 3 is 1.78 bits per heavy atom. The minimum atomic E-state index is -1.31. The number of nitriles is 2. The highest BCUT2D eigenvalue weighted by atomic mass is 35.5. The molecule has 2 aliphatic heterocycles. The molecule has 408 valence electrons. The van der Waals surface area contributed by atoms with Crippen LogP contribution >= 0.6 is 11.6 Å². The Hall–Kier alpha value is -7.31. The van der Waals surface area contributed by atoms with Crippen molar-refractivity contribution >= 4 is 35.1 Å². The van der Waals surface area contributed by atoms with Crippen LogP contribution in [0.15, 0.2) is 71.5 Å². The van der Waals surface area contributed by atoms with Crippen molar-refractivity contribution in [2.24, 2.45) is 11.8 Å². The zero-order chi connectivity index (χ0) is 55.9. The molecule has 2 saturated carbocycles. The highest BCUT2D eigenvalue weighted by Gasteiger charge is 2.50. The maximum Gasteiger partial charge on any atom is 0.338 e. The summed E-state index contributed by atoms with van der Waals surface area (Å²) in [6.45, 7) is 12.3. The molecular formula is C59H65ClF2N10O6. The third-order valence-electron chi connectivity index (χ3n) is 16.3. The highest BCUT2D eigenvalue weighted by Crippen LogP contribution is 2.48. The third-order valence-corrected chi connectivity index (χ3v) is 16.6. The first kappa shape index (κ1) is 55.4. The number of hydrogen-bond donors (Lipinski definition) is 2. The van der Waals surface area contributed by atoms with Crippen molar-refractivity contribution in [1.29, 1.82) is 10.5 Å². The van der Waals surface area contributed by atoms with Gasteiger partial charge in [-0.25, -0.2) is 37.4 Å². The van der Waals surface area contributed by atoms with Gasteiger partial charge in [0.15, 0.2) is 11.6 Å². The first-order valence-corrected chi connectivity index (χ1v) is 27.2. The molecule has 16 nitrogen and oxygen atoms in total. The van der Waals surface area contributed by atoms with Gasteiger partial charge < -0.3 is 19.7 Å². The van der Waals surface area contributed by atoms with Gasteiger partial charge in [-0.15, -0.1) is 10.2 Å². The van der Waals surface area contributed by atoms with Crippen molar-refractivity contribution in [3.63, 3.8) is 0 Å². The Morgan fingerprint density at radius 1 is 0.731 bits per heavy atom. The average molecular weight is 1080 g/mol.